The van der Waals surface area contributed by atoms with Gasteiger partial charge in [-0.15, -0.1) is 0 Å². The molecule has 0 saturated carbocycles. The van der Waals surface area contributed by atoms with Gasteiger partial charge in [-0.2, -0.15) is 0 Å². The second-order valence-corrected chi connectivity index (χ2v) is 4.45. The van der Waals surface area contributed by atoms with Crippen molar-refractivity contribution < 1.29 is 8.78 Å². The largest absolute Gasteiger partial charge is 0.325 e. The lowest BCUT2D eigenvalue weighted by molar-refractivity contribution is 0.506. The van der Waals surface area contributed by atoms with E-state index in [9.17, 15) is 8.78 Å². The molecule has 0 radical (unpaired) electrons. The van der Waals surface area contributed by atoms with Gasteiger partial charge in [0.05, 0.1) is 5.69 Å². The first kappa shape index (κ1) is 12.0. The van der Waals surface area contributed by atoms with Gasteiger partial charge in [-0.1, -0.05) is 11.8 Å². The highest BCUT2D eigenvalue weighted by molar-refractivity contribution is 7.99. The minimum atomic E-state index is -0.854. The van der Waals surface area contributed by atoms with E-state index >= 15 is 0 Å². The van der Waals surface area contributed by atoms with E-state index in [4.69, 9.17) is 5.73 Å². The van der Waals surface area contributed by atoms with E-state index in [1.165, 1.54) is 17.8 Å². The molecule has 88 valence electrons. The quantitative estimate of drug-likeness (QED) is 0.912. The van der Waals surface area contributed by atoms with Gasteiger partial charge in [0.25, 0.3) is 0 Å². The van der Waals surface area contributed by atoms with Crippen LogP contribution in [0, 0.1) is 11.6 Å². The lowest BCUT2D eigenvalue weighted by Gasteiger charge is -2.06. The summed E-state index contributed by atoms with van der Waals surface area (Å²) < 4.78 is 25.8. The van der Waals surface area contributed by atoms with Crippen LogP contribution in [0.5, 0.6) is 0 Å². The topological polar surface area (TPSA) is 38.9 Å². The molecule has 17 heavy (non-hydrogen) atoms. The molecule has 0 spiro atoms. The normalized spacial score (nSPS) is 10.5. The SMILES string of the molecule is NCc1ncccc1Sc1ccc(F)c(F)c1. The first-order valence-corrected chi connectivity index (χ1v) is 5.79. The molecule has 0 atom stereocenters. The molecule has 2 nitrogen and oxygen atoms in total. The number of rotatable bonds is 3. The molecule has 2 N–H and O–H groups in total. The molecule has 0 bridgehead atoms. The van der Waals surface area contributed by atoms with Crippen molar-refractivity contribution in [2.45, 2.75) is 16.3 Å². The van der Waals surface area contributed by atoms with Crippen molar-refractivity contribution >= 4 is 11.8 Å². The van der Waals surface area contributed by atoms with E-state index < -0.39 is 11.6 Å². The molecule has 0 aliphatic heterocycles. The zero-order chi connectivity index (χ0) is 12.3. The summed E-state index contributed by atoms with van der Waals surface area (Å²) in [4.78, 5) is 5.59. The molecular weight excluding hydrogens is 242 g/mol. The van der Waals surface area contributed by atoms with Crippen LogP contribution in [0.1, 0.15) is 5.69 Å². The summed E-state index contributed by atoms with van der Waals surface area (Å²) in [5.41, 5.74) is 6.29. The van der Waals surface area contributed by atoms with Crippen LogP contribution in [0.2, 0.25) is 0 Å². The van der Waals surface area contributed by atoms with Gasteiger partial charge in [0.1, 0.15) is 0 Å². The first-order chi connectivity index (χ1) is 8.20. The lowest BCUT2D eigenvalue weighted by atomic mass is 10.3. The zero-order valence-electron chi connectivity index (χ0n) is 8.86. The monoisotopic (exact) mass is 252 g/mol. The van der Waals surface area contributed by atoms with Crippen molar-refractivity contribution in [3.63, 3.8) is 0 Å². The third-order valence-electron chi connectivity index (χ3n) is 2.16. The molecular formula is C12H10F2N2S. The van der Waals surface area contributed by atoms with E-state index in [0.29, 0.717) is 11.4 Å². The number of aromatic nitrogens is 1. The van der Waals surface area contributed by atoms with Crippen LogP contribution in [0.15, 0.2) is 46.3 Å². The molecule has 0 unspecified atom stereocenters. The summed E-state index contributed by atoms with van der Waals surface area (Å²) in [5, 5.41) is 0. The third-order valence-corrected chi connectivity index (χ3v) is 3.24. The molecule has 0 saturated heterocycles. The maximum Gasteiger partial charge on any atom is 0.159 e. The van der Waals surface area contributed by atoms with Crippen LogP contribution in [0.25, 0.3) is 0 Å². The van der Waals surface area contributed by atoms with Crippen molar-refractivity contribution in [2.75, 3.05) is 0 Å². The number of hydrogen-bond acceptors (Lipinski definition) is 3. The van der Waals surface area contributed by atoms with Crippen LogP contribution < -0.4 is 5.73 Å². The maximum absolute atomic E-state index is 13.0. The second kappa shape index (κ2) is 5.25. The Bertz CT molecular complexity index is 532. The number of pyridine rings is 1. The predicted molar refractivity (Wildman–Crippen MR) is 62.6 cm³/mol. The van der Waals surface area contributed by atoms with E-state index in [2.05, 4.69) is 4.98 Å². The van der Waals surface area contributed by atoms with E-state index in [1.807, 2.05) is 6.07 Å². The Morgan fingerprint density at radius 2 is 2.00 bits per heavy atom. The number of nitrogens with two attached hydrogens (primary N) is 1. The van der Waals surface area contributed by atoms with Crippen molar-refractivity contribution in [2.24, 2.45) is 5.73 Å². The summed E-state index contributed by atoms with van der Waals surface area (Å²) >= 11 is 1.31. The standard InChI is InChI=1S/C12H10F2N2S/c13-9-4-3-8(6-10(9)14)17-12-2-1-5-16-11(12)7-15/h1-6H,7,15H2. The molecule has 0 fully saturated rings. The number of hydrogen-bond donors (Lipinski definition) is 1. The van der Waals surface area contributed by atoms with Crippen molar-refractivity contribution in [1.29, 1.82) is 0 Å². The van der Waals surface area contributed by atoms with Crippen LogP contribution in [0.3, 0.4) is 0 Å². The number of nitrogens with zero attached hydrogens (tertiary/aromatic N) is 1. The molecule has 5 heteroatoms. The van der Waals surface area contributed by atoms with Gasteiger partial charge in [-0.25, -0.2) is 8.78 Å². The van der Waals surface area contributed by atoms with Gasteiger partial charge in [0.15, 0.2) is 11.6 Å². The van der Waals surface area contributed by atoms with Crippen molar-refractivity contribution in [3.8, 4) is 0 Å². The number of halogens is 2. The van der Waals surface area contributed by atoms with Gasteiger partial charge in [-0.3, -0.25) is 4.98 Å². The fourth-order valence-corrected chi connectivity index (χ4v) is 2.29. The zero-order valence-corrected chi connectivity index (χ0v) is 9.68. The van der Waals surface area contributed by atoms with Crippen LogP contribution in [-0.2, 0) is 6.54 Å². The Balaban J connectivity index is 2.28. The summed E-state index contributed by atoms with van der Waals surface area (Å²) in [6.45, 7) is 0.312. The first-order valence-electron chi connectivity index (χ1n) is 4.97. The molecule has 1 heterocycles. The average Bonchev–Trinajstić information content (AvgIpc) is 2.34. The Kier molecular flexibility index (Phi) is 3.71. The highest BCUT2D eigenvalue weighted by atomic mass is 32.2. The Labute approximate surface area is 102 Å². The van der Waals surface area contributed by atoms with Crippen LogP contribution in [0.4, 0.5) is 8.78 Å². The number of benzene rings is 1. The lowest BCUT2D eigenvalue weighted by Crippen LogP contribution is -2.00. The Hall–Kier alpha value is -1.46. The molecule has 0 aliphatic carbocycles. The van der Waals surface area contributed by atoms with Gasteiger partial charge < -0.3 is 5.73 Å². The minimum absolute atomic E-state index is 0.312. The molecule has 2 rings (SSSR count). The third kappa shape index (κ3) is 2.81. The molecule has 0 amide bonds. The fourth-order valence-electron chi connectivity index (χ4n) is 1.34. The molecule has 2 aromatic rings. The van der Waals surface area contributed by atoms with Crippen LogP contribution >= 0.6 is 11.8 Å². The fraction of sp³-hybridized carbons (Fsp3) is 0.0833. The van der Waals surface area contributed by atoms with E-state index in [1.54, 1.807) is 12.3 Å². The highest BCUT2D eigenvalue weighted by Gasteiger charge is 2.07. The summed E-state index contributed by atoms with van der Waals surface area (Å²) in [7, 11) is 0. The molecule has 1 aromatic heterocycles. The van der Waals surface area contributed by atoms with Crippen molar-refractivity contribution in [3.05, 3.63) is 53.9 Å². The van der Waals surface area contributed by atoms with E-state index in [-0.39, 0.29) is 0 Å². The van der Waals surface area contributed by atoms with Gasteiger partial charge in [0, 0.05) is 22.5 Å². The predicted octanol–water partition coefficient (Wildman–Crippen LogP) is 2.97. The average molecular weight is 252 g/mol. The second-order valence-electron chi connectivity index (χ2n) is 3.33. The summed E-state index contributed by atoms with van der Waals surface area (Å²) in [5.74, 6) is -1.70. The van der Waals surface area contributed by atoms with Crippen LogP contribution in [-0.4, -0.2) is 4.98 Å². The molecule has 0 aliphatic rings. The highest BCUT2D eigenvalue weighted by Crippen LogP contribution is 2.30. The van der Waals surface area contributed by atoms with E-state index in [0.717, 1.165) is 22.7 Å². The Morgan fingerprint density at radius 3 is 2.71 bits per heavy atom. The maximum atomic E-state index is 13.0. The molecule has 1 aromatic carbocycles. The summed E-state index contributed by atoms with van der Waals surface area (Å²) in [6, 6.07) is 7.42. The Morgan fingerprint density at radius 1 is 1.18 bits per heavy atom. The van der Waals surface area contributed by atoms with Crippen molar-refractivity contribution in [1.82, 2.24) is 4.98 Å². The minimum Gasteiger partial charge on any atom is -0.325 e. The van der Waals surface area contributed by atoms with Gasteiger partial charge in [-0.05, 0) is 30.3 Å². The van der Waals surface area contributed by atoms with Gasteiger partial charge >= 0.3 is 0 Å². The van der Waals surface area contributed by atoms with Gasteiger partial charge in [0.2, 0.25) is 0 Å². The smallest absolute Gasteiger partial charge is 0.159 e. The summed E-state index contributed by atoms with van der Waals surface area (Å²) in [6.07, 6.45) is 1.65.